The van der Waals surface area contributed by atoms with Gasteiger partial charge in [0.15, 0.2) is 0 Å². The first-order valence-corrected chi connectivity index (χ1v) is 7.87. The molecule has 2 aromatic carbocycles. The lowest BCUT2D eigenvalue weighted by atomic mass is 10.2. The first-order valence-electron chi connectivity index (χ1n) is 6.67. The number of hydrogen-bond acceptors (Lipinski definition) is 7. The van der Waals surface area contributed by atoms with Gasteiger partial charge in [-0.15, -0.1) is 0 Å². The van der Waals surface area contributed by atoms with Crippen LogP contribution in [0.15, 0.2) is 52.4 Å². The molecule has 3 rings (SSSR count). The average Bonchev–Trinajstić information content (AvgIpc) is 2.56. The Morgan fingerprint density at radius 3 is 2.83 bits per heavy atom. The molecule has 3 aromatic rings. The molecule has 0 aliphatic heterocycles. The van der Waals surface area contributed by atoms with Crippen LogP contribution >= 0.6 is 22.9 Å². The molecule has 9 heteroatoms. The van der Waals surface area contributed by atoms with Crippen LogP contribution in [-0.2, 0) is 0 Å². The molecule has 0 atom stereocenters. The van der Waals surface area contributed by atoms with E-state index in [0.717, 1.165) is 5.56 Å². The molecular formula is C15H9ClN4O3S. The molecule has 0 spiro atoms. The summed E-state index contributed by atoms with van der Waals surface area (Å²) in [6.45, 7) is 0. The summed E-state index contributed by atoms with van der Waals surface area (Å²) in [6.07, 6.45) is 1.52. The highest BCUT2D eigenvalue weighted by atomic mass is 35.5. The van der Waals surface area contributed by atoms with Crippen LogP contribution in [0, 0.1) is 10.1 Å². The fourth-order valence-electron chi connectivity index (χ4n) is 1.95. The van der Waals surface area contributed by atoms with Gasteiger partial charge in [-0.25, -0.2) is 0 Å². The molecule has 0 aliphatic rings. The monoisotopic (exact) mass is 360 g/mol. The van der Waals surface area contributed by atoms with Crippen molar-refractivity contribution in [2.24, 2.45) is 5.10 Å². The molecule has 0 aliphatic carbocycles. The van der Waals surface area contributed by atoms with Gasteiger partial charge in [0.05, 0.1) is 16.5 Å². The van der Waals surface area contributed by atoms with E-state index >= 15 is 0 Å². The summed E-state index contributed by atoms with van der Waals surface area (Å²) in [5.41, 5.74) is 2.69. The van der Waals surface area contributed by atoms with Gasteiger partial charge in [-0.05, 0) is 12.1 Å². The summed E-state index contributed by atoms with van der Waals surface area (Å²) in [5.74, 6) is 0. The molecule has 7 nitrogen and oxygen atoms in total. The van der Waals surface area contributed by atoms with Crippen LogP contribution in [0.1, 0.15) is 5.56 Å². The Balaban J connectivity index is 1.88. The SMILES string of the molecule is O=c1nc(NN=Cc2ccccc2Cl)sc2ccc([N+](=O)[O-])cc12. The second kappa shape index (κ2) is 6.73. The van der Waals surface area contributed by atoms with Crippen LogP contribution in [0.3, 0.4) is 0 Å². The minimum absolute atomic E-state index is 0.147. The Labute approximate surface area is 144 Å². The molecule has 120 valence electrons. The van der Waals surface area contributed by atoms with Gasteiger partial charge in [-0.2, -0.15) is 10.1 Å². The molecule has 0 bridgehead atoms. The summed E-state index contributed by atoms with van der Waals surface area (Å²) < 4.78 is 0.580. The lowest BCUT2D eigenvalue weighted by Gasteiger charge is -2.01. The lowest BCUT2D eigenvalue weighted by Crippen LogP contribution is -2.07. The number of benzene rings is 2. The third-order valence-electron chi connectivity index (χ3n) is 3.08. The van der Waals surface area contributed by atoms with E-state index in [1.807, 2.05) is 12.1 Å². The van der Waals surface area contributed by atoms with Crippen molar-refractivity contribution in [2.45, 2.75) is 0 Å². The number of nitrogens with zero attached hydrogens (tertiary/aromatic N) is 3. The zero-order chi connectivity index (χ0) is 17.1. The van der Waals surface area contributed by atoms with Gasteiger partial charge in [0, 0.05) is 27.4 Å². The van der Waals surface area contributed by atoms with Crippen molar-refractivity contribution in [3.63, 3.8) is 0 Å². The van der Waals surface area contributed by atoms with Crippen molar-refractivity contribution in [1.29, 1.82) is 0 Å². The van der Waals surface area contributed by atoms with Crippen LogP contribution in [-0.4, -0.2) is 16.1 Å². The van der Waals surface area contributed by atoms with Gasteiger partial charge < -0.3 is 0 Å². The standard InChI is InChI=1S/C15H9ClN4O3S/c16-12-4-2-1-3-9(12)8-17-19-15-18-14(21)11-7-10(20(22)23)5-6-13(11)24-15/h1-8H,(H,18,19,21). The Hall–Kier alpha value is -2.84. The third kappa shape index (κ3) is 3.39. The number of halogens is 1. The largest absolute Gasteiger partial charge is 0.281 e. The van der Waals surface area contributed by atoms with Crippen LogP contribution in [0.4, 0.5) is 10.8 Å². The predicted molar refractivity (Wildman–Crippen MR) is 95.2 cm³/mol. The van der Waals surface area contributed by atoms with E-state index in [1.165, 1.54) is 35.8 Å². The third-order valence-corrected chi connectivity index (χ3v) is 4.38. The zero-order valence-corrected chi connectivity index (χ0v) is 13.5. The maximum atomic E-state index is 12.0. The summed E-state index contributed by atoms with van der Waals surface area (Å²) in [7, 11) is 0. The topological polar surface area (TPSA) is 97.5 Å². The van der Waals surface area contributed by atoms with Crippen molar-refractivity contribution >= 4 is 50.1 Å². The number of nitrogens with one attached hydrogen (secondary N) is 1. The molecule has 0 saturated heterocycles. The highest BCUT2D eigenvalue weighted by Crippen LogP contribution is 2.24. The van der Waals surface area contributed by atoms with E-state index in [1.54, 1.807) is 12.1 Å². The van der Waals surface area contributed by atoms with E-state index in [9.17, 15) is 14.9 Å². The quantitative estimate of drug-likeness (QED) is 0.435. The Morgan fingerprint density at radius 2 is 2.08 bits per heavy atom. The number of anilines is 1. The molecule has 1 aromatic heterocycles. The minimum Gasteiger partial charge on any atom is -0.267 e. The van der Waals surface area contributed by atoms with Gasteiger partial charge in [-0.3, -0.25) is 20.3 Å². The van der Waals surface area contributed by atoms with Crippen LogP contribution in [0.2, 0.25) is 5.02 Å². The number of hydrazone groups is 1. The van der Waals surface area contributed by atoms with Crippen molar-refractivity contribution in [3.8, 4) is 0 Å². The van der Waals surface area contributed by atoms with Gasteiger partial charge in [0.2, 0.25) is 5.13 Å². The zero-order valence-electron chi connectivity index (χ0n) is 12.0. The van der Waals surface area contributed by atoms with Crippen LogP contribution < -0.4 is 11.0 Å². The molecule has 0 amide bonds. The molecule has 0 radical (unpaired) electrons. The second-order valence-electron chi connectivity index (χ2n) is 4.65. The molecule has 0 saturated carbocycles. The highest BCUT2D eigenvalue weighted by Gasteiger charge is 2.10. The molecular weight excluding hydrogens is 352 g/mol. The van der Waals surface area contributed by atoms with Gasteiger partial charge in [0.1, 0.15) is 0 Å². The molecule has 0 fully saturated rings. The first kappa shape index (κ1) is 16.0. The van der Waals surface area contributed by atoms with E-state index in [-0.39, 0.29) is 16.2 Å². The number of fused-ring (bicyclic) bond motifs is 1. The van der Waals surface area contributed by atoms with Gasteiger partial charge in [-0.1, -0.05) is 41.1 Å². The Morgan fingerprint density at radius 1 is 1.29 bits per heavy atom. The maximum absolute atomic E-state index is 12.0. The summed E-state index contributed by atoms with van der Waals surface area (Å²) in [4.78, 5) is 26.1. The fourth-order valence-corrected chi connectivity index (χ4v) is 2.96. The van der Waals surface area contributed by atoms with Crippen LogP contribution in [0.5, 0.6) is 0 Å². The fraction of sp³-hybridized carbons (Fsp3) is 0. The lowest BCUT2D eigenvalue weighted by molar-refractivity contribution is -0.384. The summed E-state index contributed by atoms with van der Waals surface area (Å²) >= 11 is 7.18. The predicted octanol–water partition coefficient (Wildman–Crippen LogP) is 3.66. The van der Waals surface area contributed by atoms with E-state index in [2.05, 4.69) is 15.5 Å². The summed E-state index contributed by atoms with van der Waals surface area (Å²) in [5, 5.41) is 15.8. The van der Waals surface area contributed by atoms with Crippen molar-refractivity contribution in [2.75, 3.05) is 5.43 Å². The molecule has 1 N–H and O–H groups in total. The van der Waals surface area contributed by atoms with Crippen LogP contribution in [0.25, 0.3) is 10.1 Å². The number of non-ortho nitro benzene ring substituents is 1. The smallest absolute Gasteiger partial charge is 0.267 e. The van der Waals surface area contributed by atoms with Gasteiger partial charge in [0.25, 0.3) is 11.2 Å². The van der Waals surface area contributed by atoms with Gasteiger partial charge >= 0.3 is 0 Å². The number of rotatable bonds is 4. The van der Waals surface area contributed by atoms with E-state index in [0.29, 0.717) is 9.72 Å². The number of aromatic nitrogens is 1. The Bertz CT molecular complexity index is 1020. The highest BCUT2D eigenvalue weighted by molar-refractivity contribution is 7.21. The van der Waals surface area contributed by atoms with E-state index < -0.39 is 10.5 Å². The molecule has 1 heterocycles. The first-order chi connectivity index (χ1) is 11.5. The molecule has 24 heavy (non-hydrogen) atoms. The number of nitro benzene ring substituents is 1. The van der Waals surface area contributed by atoms with Crippen molar-refractivity contribution < 1.29 is 4.92 Å². The number of hydrogen-bond donors (Lipinski definition) is 1. The summed E-state index contributed by atoms with van der Waals surface area (Å²) in [6, 6.07) is 11.2. The second-order valence-corrected chi connectivity index (χ2v) is 6.09. The normalized spacial score (nSPS) is 11.0. The van der Waals surface area contributed by atoms with Crippen molar-refractivity contribution in [1.82, 2.24) is 4.98 Å². The maximum Gasteiger partial charge on any atom is 0.281 e. The van der Waals surface area contributed by atoms with E-state index in [4.69, 9.17) is 11.6 Å². The number of nitro groups is 1. The van der Waals surface area contributed by atoms with Crippen molar-refractivity contribution in [3.05, 3.63) is 73.5 Å². The average molecular weight is 361 g/mol. The minimum atomic E-state index is -0.553. The Kier molecular flexibility index (Phi) is 4.50. The molecule has 0 unspecified atom stereocenters.